The molecule has 0 spiro atoms. The van der Waals surface area contributed by atoms with Crippen LogP contribution in [0.5, 0.6) is 0 Å². The molecule has 0 fully saturated rings. The molecule has 0 aliphatic carbocycles. The number of thiazole rings is 1. The lowest BCUT2D eigenvalue weighted by Crippen LogP contribution is -2.30. The van der Waals surface area contributed by atoms with E-state index < -0.39 is 9.84 Å². The van der Waals surface area contributed by atoms with Crippen molar-refractivity contribution in [2.24, 2.45) is 0 Å². The van der Waals surface area contributed by atoms with E-state index in [0.29, 0.717) is 22.6 Å². The fourth-order valence-electron chi connectivity index (χ4n) is 3.88. The highest BCUT2D eigenvalue weighted by Crippen LogP contribution is 2.34. The Bertz CT molecular complexity index is 1420. The quantitative estimate of drug-likeness (QED) is 0.239. The van der Waals surface area contributed by atoms with Gasteiger partial charge in [-0.3, -0.25) is 9.69 Å². The Labute approximate surface area is 215 Å². The molecule has 0 saturated carbocycles. The van der Waals surface area contributed by atoms with Crippen LogP contribution >= 0.6 is 22.9 Å². The minimum absolute atomic E-state index is 0.104. The van der Waals surface area contributed by atoms with Gasteiger partial charge in [-0.05, 0) is 53.8 Å². The first kappa shape index (κ1) is 25.4. The van der Waals surface area contributed by atoms with Gasteiger partial charge < -0.3 is 0 Å². The van der Waals surface area contributed by atoms with Gasteiger partial charge in [0.25, 0.3) is 0 Å². The number of fused-ring (bicyclic) bond motifs is 1. The van der Waals surface area contributed by atoms with Crippen LogP contribution in [0.4, 0.5) is 5.13 Å². The number of amides is 1. The van der Waals surface area contributed by atoms with Crippen LogP contribution in [-0.2, 0) is 21.2 Å². The lowest BCUT2D eigenvalue weighted by atomic mass is 10.0. The van der Waals surface area contributed by atoms with Gasteiger partial charge in [-0.2, -0.15) is 0 Å². The van der Waals surface area contributed by atoms with Crippen molar-refractivity contribution in [3.05, 3.63) is 88.9 Å². The molecular weight excluding hydrogens is 500 g/mol. The van der Waals surface area contributed by atoms with Crippen molar-refractivity contribution in [1.82, 2.24) is 4.98 Å². The molecule has 0 aliphatic heterocycles. The minimum Gasteiger partial charge on any atom is -0.284 e. The Hall–Kier alpha value is -2.74. The number of para-hydroxylation sites is 1. The molecule has 0 bridgehead atoms. The lowest BCUT2D eigenvalue weighted by Gasteiger charge is -2.20. The summed E-state index contributed by atoms with van der Waals surface area (Å²) in [6.45, 7) is 4.63. The lowest BCUT2D eigenvalue weighted by molar-refractivity contribution is -0.118. The molecule has 0 N–H and O–H groups in total. The average Bonchev–Trinajstić information content (AvgIpc) is 3.27. The van der Waals surface area contributed by atoms with E-state index in [1.807, 2.05) is 42.5 Å². The maximum absolute atomic E-state index is 13.4. The summed E-state index contributed by atoms with van der Waals surface area (Å²) in [6, 6.07) is 22.0. The summed E-state index contributed by atoms with van der Waals surface area (Å²) in [5, 5.41) is 1.11. The van der Waals surface area contributed by atoms with E-state index in [2.05, 4.69) is 19.9 Å². The first-order valence-corrected chi connectivity index (χ1v) is 14.3. The standard InChI is InChI=1S/C27H27ClN2O3S2/c1-19(2)23-10-6-11-24-26(23)29-27(34-24)30(18-20-8-4-3-5-9-20)25(31)12-7-17-35(32,33)22-15-13-21(28)14-16-22/h3-6,8-11,13-16,19H,7,12,17-18H2,1-2H3. The van der Waals surface area contributed by atoms with Gasteiger partial charge in [-0.15, -0.1) is 0 Å². The van der Waals surface area contributed by atoms with Crippen molar-refractivity contribution in [1.29, 1.82) is 0 Å². The van der Waals surface area contributed by atoms with Crippen LogP contribution in [0.2, 0.25) is 5.02 Å². The van der Waals surface area contributed by atoms with E-state index in [1.54, 1.807) is 17.0 Å². The number of hydrogen-bond donors (Lipinski definition) is 0. The molecule has 5 nitrogen and oxygen atoms in total. The predicted octanol–water partition coefficient (Wildman–Crippen LogP) is 6.86. The van der Waals surface area contributed by atoms with Crippen molar-refractivity contribution < 1.29 is 13.2 Å². The van der Waals surface area contributed by atoms with Crippen molar-refractivity contribution in [2.75, 3.05) is 10.7 Å². The fraction of sp³-hybridized carbons (Fsp3) is 0.259. The Morgan fingerprint density at radius 3 is 2.40 bits per heavy atom. The normalized spacial score (nSPS) is 11.8. The summed E-state index contributed by atoms with van der Waals surface area (Å²) >= 11 is 7.36. The van der Waals surface area contributed by atoms with Crippen LogP contribution in [0.15, 0.2) is 77.7 Å². The van der Waals surface area contributed by atoms with E-state index in [4.69, 9.17) is 16.6 Å². The third-order valence-electron chi connectivity index (χ3n) is 5.75. The summed E-state index contributed by atoms with van der Waals surface area (Å²) in [7, 11) is -3.50. The molecule has 3 aromatic carbocycles. The monoisotopic (exact) mass is 526 g/mol. The molecule has 4 aromatic rings. The number of carbonyl (C=O) groups excluding carboxylic acids is 1. The predicted molar refractivity (Wildman–Crippen MR) is 144 cm³/mol. The van der Waals surface area contributed by atoms with Crippen LogP contribution in [0.1, 0.15) is 43.7 Å². The number of aromatic nitrogens is 1. The number of halogens is 1. The van der Waals surface area contributed by atoms with E-state index in [1.165, 1.54) is 23.5 Å². The zero-order valence-electron chi connectivity index (χ0n) is 19.6. The van der Waals surface area contributed by atoms with Crippen molar-refractivity contribution in [3.63, 3.8) is 0 Å². The van der Waals surface area contributed by atoms with Gasteiger partial charge >= 0.3 is 0 Å². The zero-order chi connectivity index (χ0) is 25.0. The van der Waals surface area contributed by atoms with Gasteiger partial charge in [0, 0.05) is 11.4 Å². The van der Waals surface area contributed by atoms with Gasteiger partial charge in [0.15, 0.2) is 15.0 Å². The molecule has 0 atom stereocenters. The summed E-state index contributed by atoms with van der Waals surface area (Å²) < 4.78 is 26.4. The molecule has 1 aromatic heterocycles. The molecule has 35 heavy (non-hydrogen) atoms. The molecule has 0 aliphatic rings. The number of benzene rings is 3. The highest BCUT2D eigenvalue weighted by Gasteiger charge is 2.23. The minimum atomic E-state index is -3.50. The molecule has 182 valence electrons. The van der Waals surface area contributed by atoms with Crippen LogP contribution in [0.3, 0.4) is 0 Å². The highest BCUT2D eigenvalue weighted by molar-refractivity contribution is 7.91. The fourth-order valence-corrected chi connectivity index (χ4v) is 6.33. The summed E-state index contributed by atoms with van der Waals surface area (Å²) in [5.41, 5.74) is 3.04. The third-order valence-corrected chi connectivity index (χ3v) is 8.86. The molecule has 0 unspecified atom stereocenters. The Balaban J connectivity index is 1.56. The van der Waals surface area contributed by atoms with Crippen molar-refractivity contribution >= 4 is 54.0 Å². The van der Waals surface area contributed by atoms with Gasteiger partial charge in [-0.1, -0.05) is 79.2 Å². The number of rotatable bonds is 9. The summed E-state index contributed by atoms with van der Waals surface area (Å²) in [5.74, 6) is 0.0481. The van der Waals surface area contributed by atoms with Crippen molar-refractivity contribution in [2.45, 2.75) is 44.0 Å². The number of anilines is 1. The van der Waals surface area contributed by atoms with Crippen molar-refractivity contribution in [3.8, 4) is 0 Å². The summed E-state index contributed by atoms with van der Waals surface area (Å²) in [4.78, 5) is 20.1. The molecule has 0 radical (unpaired) electrons. The van der Waals surface area contributed by atoms with Gasteiger partial charge in [0.05, 0.1) is 27.4 Å². The molecule has 1 amide bonds. The van der Waals surface area contributed by atoms with Gasteiger partial charge in [-0.25, -0.2) is 13.4 Å². The number of hydrogen-bond acceptors (Lipinski definition) is 5. The van der Waals surface area contributed by atoms with Gasteiger partial charge in [0.1, 0.15) is 0 Å². The number of carbonyl (C=O) groups is 1. The molecule has 8 heteroatoms. The maximum Gasteiger partial charge on any atom is 0.229 e. The molecule has 1 heterocycles. The second kappa shape index (κ2) is 10.9. The second-order valence-corrected chi connectivity index (χ2v) is 12.2. The first-order valence-electron chi connectivity index (χ1n) is 11.5. The van der Waals surface area contributed by atoms with E-state index >= 15 is 0 Å². The zero-order valence-corrected chi connectivity index (χ0v) is 22.0. The molecular formula is C27H27ClN2O3S2. The average molecular weight is 527 g/mol. The topological polar surface area (TPSA) is 67.3 Å². The smallest absolute Gasteiger partial charge is 0.229 e. The van der Waals surface area contributed by atoms with Crippen LogP contribution < -0.4 is 4.90 Å². The Kier molecular flexibility index (Phi) is 7.89. The first-order chi connectivity index (χ1) is 16.7. The summed E-state index contributed by atoms with van der Waals surface area (Å²) in [6.07, 6.45) is 0.323. The van der Waals surface area contributed by atoms with Crippen LogP contribution in [0, 0.1) is 0 Å². The van der Waals surface area contributed by atoms with E-state index in [-0.39, 0.29) is 29.4 Å². The maximum atomic E-state index is 13.4. The largest absolute Gasteiger partial charge is 0.284 e. The second-order valence-electron chi connectivity index (χ2n) is 8.69. The highest BCUT2D eigenvalue weighted by atomic mass is 35.5. The number of nitrogens with zero attached hydrogens (tertiary/aromatic N) is 2. The molecule has 0 saturated heterocycles. The van der Waals surface area contributed by atoms with Crippen LogP contribution in [-0.4, -0.2) is 25.1 Å². The third kappa shape index (κ3) is 6.10. The van der Waals surface area contributed by atoms with Gasteiger partial charge in [0.2, 0.25) is 5.91 Å². The van der Waals surface area contributed by atoms with E-state index in [0.717, 1.165) is 21.3 Å². The number of sulfone groups is 1. The Morgan fingerprint density at radius 1 is 1.00 bits per heavy atom. The van der Waals surface area contributed by atoms with Crippen LogP contribution in [0.25, 0.3) is 10.2 Å². The van der Waals surface area contributed by atoms with E-state index in [9.17, 15) is 13.2 Å². The Morgan fingerprint density at radius 2 is 1.71 bits per heavy atom. The SMILES string of the molecule is CC(C)c1cccc2sc(N(Cc3ccccc3)C(=O)CCCS(=O)(=O)c3ccc(Cl)cc3)nc12. The molecule has 4 rings (SSSR count).